The van der Waals surface area contributed by atoms with Crippen molar-refractivity contribution in [2.75, 3.05) is 0 Å². The van der Waals surface area contributed by atoms with Crippen LogP contribution in [0.4, 0.5) is 0 Å². The molecule has 30 heavy (non-hydrogen) atoms. The SMILES string of the molecule is CC1(O)CCC2C(CCC3C2CCC2(C)C(C(=O)Cn4cc(C#N)cn4)CCC32)C1. The lowest BCUT2D eigenvalue weighted by Gasteiger charge is -2.56. The summed E-state index contributed by atoms with van der Waals surface area (Å²) in [6.07, 6.45) is 13.5. The van der Waals surface area contributed by atoms with Gasteiger partial charge in [0, 0.05) is 12.1 Å². The lowest BCUT2D eigenvalue weighted by Crippen LogP contribution is -2.51. The number of Topliss-reactive ketones (excluding diaryl/α,β-unsaturated/α-hetero) is 1. The van der Waals surface area contributed by atoms with Crippen LogP contribution in [0.3, 0.4) is 0 Å². The highest BCUT2D eigenvalue weighted by Gasteiger charge is 2.58. The van der Waals surface area contributed by atoms with E-state index in [1.54, 1.807) is 10.9 Å². The molecule has 5 nitrogen and oxygen atoms in total. The van der Waals surface area contributed by atoms with Crippen LogP contribution in [0.1, 0.15) is 77.2 Å². The summed E-state index contributed by atoms with van der Waals surface area (Å²) in [6, 6.07) is 2.09. The van der Waals surface area contributed by atoms with E-state index in [-0.39, 0.29) is 11.3 Å². The predicted octanol–water partition coefficient (Wildman–Crippen LogP) is 4.34. The molecule has 4 aliphatic rings. The molecule has 5 rings (SSSR count). The van der Waals surface area contributed by atoms with Gasteiger partial charge in [-0.3, -0.25) is 9.48 Å². The molecule has 1 aromatic rings. The summed E-state index contributed by atoms with van der Waals surface area (Å²) < 4.78 is 1.64. The number of nitriles is 1. The Morgan fingerprint density at radius 2 is 1.97 bits per heavy atom. The molecule has 4 saturated carbocycles. The van der Waals surface area contributed by atoms with Crippen LogP contribution in [0.5, 0.6) is 0 Å². The highest BCUT2D eigenvalue weighted by atomic mass is 16.3. The van der Waals surface area contributed by atoms with Crippen molar-refractivity contribution >= 4 is 5.78 Å². The maximum absolute atomic E-state index is 13.3. The average molecular weight is 410 g/mol. The maximum atomic E-state index is 13.3. The van der Waals surface area contributed by atoms with Crippen molar-refractivity contribution in [1.29, 1.82) is 5.26 Å². The van der Waals surface area contributed by atoms with E-state index in [0.29, 0.717) is 29.7 Å². The van der Waals surface area contributed by atoms with Gasteiger partial charge in [-0.2, -0.15) is 10.4 Å². The molecule has 0 spiro atoms. The number of rotatable bonds is 3. The Balaban J connectivity index is 1.30. The average Bonchev–Trinajstić information content (AvgIpc) is 3.30. The van der Waals surface area contributed by atoms with Crippen molar-refractivity contribution in [3.05, 3.63) is 18.0 Å². The number of aromatic nitrogens is 2. The molecule has 1 N–H and O–H groups in total. The normalized spacial score (nSPS) is 45.1. The highest BCUT2D eigenvalue weighted by molar-refractivity contribution is 5.82. The smallest absolute Gasteiger partial charge is 0.157 e. The minimum absolute atomic E-state index is 0.121. The highest BCUT2D eigenvalue weighted by Crippen LogP contribution is 2.64. The van der Waals surface area contributed by atoms with E-state index >= 15 is 0 Å². The Labute approximate surface area is 179 Å². The monoisotopic (exact) mass is 409 g/mol. The summed E-state index contributed by atoms with van der Waals surface area (Å²) >= 11 is 0. The second-order valence-corrected chi connectivity index (χ2v) is 11.4. The third kappa shape index (κ3) is 3.23. The predicted molar refractivity (Wildman–Crippen MR) is 113 cm³/mol. The lowest BCUT2D eigenvalue weighted by molar-refractivity contribution is -0.133. The number of nitrogens with zero attached hydrogens (tertiary/aromatic N) is 3. The second kappa shape index (κ2) is 7.19. The van der Waals surface area contributed by atoms with Crippen molar-refractivity contribution in [2.24, 2.45) is 40.9 Å². The fraction of sp³-hybridized carbons (Fsp3) is 0.800. The van der Waals surface area contributed by atoms with E-state index in [9.17, 15) is 9.90 Å². The quantitative estimate of drug-likeness (QED) is 0.805. The Hall–Kier alpha value is -1.67. The molecule has 0 aromatic carbocycles. The van der Waals surface area contributed by atoms with Gasteiger partial charge in [-0.1, -0.05) is 6.92 Å². The summed E-state index contributed by atoms with van der Waals surface area (Å²) in [7, 11) is 0. The van der Waals surface area contributed by atoms with E-state index in [4.69, 9.17) is 5.26 Å². The van der Waals surface area contributed by atoms with Gasteiger partial charge in [0.2, 0.25) is 0 Å². The number of carbonyl (C=O) groups excluding carboxylic acids is 1. The van der Waals surface area contributed by atoms with E-state index in [1.807, 2.05) is 6.92 Å². The molecule has 162 valence electrons. The third-order valence-corrected chi connectivity index (χ3v) is 9.71. The van der Waals surface area contributed by atoms with Crippen molar-refractivity contribution in [1.82, 2.24) is 9.78 Å². The first-order valence-corrected chi connectivity index (χ1v) is 12.0. The summed E-state index contributed by atoms with van der Waals surface area (Å²) in [5.74, 6) is 4.15. The largest absolute Gasteiger partial charge is 0.390 e. The fourth-order valence-corrected chi connectivity index (χ4v) is 8.39. The molecule has 4 aliphatic carbocycles. The minimum Gasteiger partial charge on any atom is -0.390 e. The molecule has 0 amide bonds. The minimum atomic E-state index is -0.458. The first-order valence-electron chi connectivity index (χ1n) is 12.0. The molecular weight excluding hydrogens is 374 g/mol. The molecule has 0 aliphatic heterocycles. The molecule has 0 saturated heterocycles. The van der Waals surface area contributed by atoms with Crippen LogP contribution in [-0.4, -0.2) is 26.3 Å². The summed E-state index contributed by atoms with van der Waals surface area (Å²) in [5.41, 5.74) is 0.179. The molecule has 8 unspecified atom stereocenters. The Morgan fingerprint density at radius 3 is 2.73 bits per heavy atom. The van der Waals surface area contributed by atoms with E-state index in [0.717, 1.165) is 43.4 Å². The number of fused-ring (bicyclic) bond motifs is 5. The van der Waals surface area contributed by atoms with Crippen LogP contribution in [0.15, 0.2) is 12.4 Å². The van der Waals surface area contributed by atoms with E-state index < -0.39 is 5.60 Å². The molecule has 5 heteroatoms. The second-order valence-electron chi connectivity index (χ2n) is 11.4. The maximum Gasteiger partial charge on any atom is 0.157 e. The van der Waals surface area contributed by atoms with Crippen molar-refractivity contribution in [2.45, 2.75) is 83.8 Å². The van der Waals surface area contributed by atoms with Crippen LogP contribution >= 0.6 is 0 Å². The first-order chi connectivity index (χ1) is 14.3. The number of ketones is 1. The summed E-state index contributed by atoms with van der Waals surface area (Å²) in [6.45, 7) is 4.72. The number of hydrogen-bond acceptors (Lipinski definition) is 4. The van der Waals surface area contributed by atoms with Gasteiger partial charge in [-0.05, 0) is 99.7 Å². The molecule has 0 radical (unpaired) electrons. The Bertz CT molecular complexity index is 868. The molecular formula is C25H35N3O2. The van der Waals surface area contributed by atoms with Gasteiger partial charge in [0.05, 0.1) is 23.9 Å². The van der Waals surface area contributed by atoms with E-state index in [2.05, 4.69) is 18.1 Å². The topological polar surface area (TPSA) is 78.9 Å². The standard InChI is InChI=1S/C25H35N3O2/c1-24(30)9-7-18-17(11-24)3-4-20-19(18)8-10-25(2)21(20)5-6-22(25)23(29)15-28-14-16(12-26)13-27-28/h13-14,17-22,30H,3-11,15H2,1-2H3. The van der Waals surface area contributed by atoms with E-state index in [1.165, 1.54) is 38.3 Å². The fourth-order valence-electron chi connectivity index (χ4n) is 8.39. The zero-order valence-corrected chi connectivity index (χ0v) is 18.4. The van der Waals surface area contributed by atoms with Crippen molar-refractivity contribution < 1.29 is 9.90 Å². The van der Waals surface area contributed by atoms with Gasteiger partial charge >= 0.3 is 0 Å². The van der Waals surface area contributed by atoms with Gasteiger partial charge in [0.15, 0.2) is 5.78 Å². The van der Waals surface area contributed by atoms with Crippen LogP contribution in [-0.2, 0) is 11.3 Å². The van der Waals surface area contributed by atoms with Crippen molar-refractivity contribution in [3.63, 3.8) is 0 Å². The van der Waals surface area contributed by atoms with Crippen molar-refractivity contribution in [3.8, 4) is 6.07 Å². The Morgan fingerprint density at radius 1 is 1.17 bits per heavy atom. The zero-order chi connectivity index (χ0) is 21.1. The summed E-state index contributed by atoms with van der Waals surface area (Å²) in [4.78, 5) is 13.3. The van der Waals surface area contributed by atoms with Gasteiger partial charge in [-0.25, -0.2) is 0 Å². The molecule has 0 bridgehead atoms. The van der Waals surface area contributed by atoms with Gasteiger partial charge in [-0.15, -0.1) is 0 Å². The van der Waals surface area contributed by atoms with Crippen LogP contribution in [0.2, 0.25) is 0 Å². The molecule has 1 aromatic heterocycles. The van der Waals surface area contributed by atoms with Crippen LogP contribution in [0, 0.1) is 52.3 Å². The number of aliphatic hydroxyl groups is 1. The number of carbonyl (C=O) groups is 1. The molecule has 8 atom stereocenters. The van der Waals surface area contributed by atoms with Gasteiger partial charge in [0.1, 0.15) is 6.07 Å². The number of hydrogen-bond donors (Lipinski definition) is 1. The third-order valence-electron chi connectivity index (χ3n) is 9.71. The summed E-state index contributed by atoms with van der Waals surface area (Å²) in [5, 5.41) is 23.8. The lowest BCUT2D eigenvalue weighted by atomic mass is 9.49. The van der Waals surface area contributed by atoms with Gasteiger partial charge in [0.25, 0.3) is 0 Å². The first kappa shape index (κ1) is 20.2. The van der Waals surface area contributed by atoms with Gasteiger partial charge < -0.3 is 5.11 Å². The van der Waals surface area contributed by atoms with Crippen LogP contribution < -0.4 is 0 Å². The molecule has 1 heterocycles. The Kier molecular flexibility index (Phi) is 4.85. The molecule has 4 fully saturated rings. The zero-order valence-electron chi connectivity index (χ0n) is 18.4. The van der Waals surface area contributed by atoms with Crippen LogP contribution in [0.25, 0.3) is 0 Å².